The Bertz CT molecular complexity index is 1010. The van der Waals surface area contributed by atoms with Crippen molar-refractivity contribution < 1.29 is 13.6 Å². The molecule has 5 nitrogen and oxygen atoms in total. The number of carbonyl (C=O) groups excluding carboxylic acids is 1. The lowest BCUT2D eigenvalue weighted by molar-refractivity contribution is 0.0907. The number of halogens is 1. The number of furan rings is 2. The molecule has 0 spiro atoms. The van der Waals surface area contributed by atoms with Gasteiger partial charge < -0.3 is 14.2 Å². The Hall–Kier alpha value is -2.24. The van der Waals surface area contributed by atoms with Gasteiger partial charge in [-0.25, -0.2) is 0 Å². The third-order valence-electron chi connectivity index (χ3n) is 5.55. The Morgan fingerprint density at radius 2 is 1.93 bits per heavy atom. The number of carbonyl (C=O) groups is 1. The van der Waals surface area contributed by atoms with Crippen LogP contribution in [0.1, 0.15) is 52.1 Å². The van der Waals surface area contributed by atoms with Crippen molar-refractivity contribution in [2.24, 2.45) is 0 Å². The smallest absolute Gasteiger partial charge is 0.287 e. The van der Waals surface area contributed by atoms with Crippen molar-refractivity contribution in [2.45, 2.75) is 39.7 Å². The molecule has 0 bridgehead atoms. The van der Waals surface area contributed by atoms with Crippen LogP contribution in [-0.4, -0.2) is 30.4 Å². The van der Waals surface area contributed by atoms with Crippen LogP contribution in [0.15, 0.2) is 33.1 Å². The second kappa shape index (κ2) is 7.64. The van der Waals surface area contributed by atoms with Gasteiger partial charge in [-0.3, -0.25) is 9.69 Å². The molecule has 28 heavy (non-hydrogen) atoms. The molecule has 1 aliphatic rings. The van der Waals surface area contributed by atoms with Gasteiger partial charge in [-0.1, -0.05) is 11.6 Å². The molecule has 1 aromatic carbocycles. The molecular weight excluding hydrogens is 376 g/mol. The van der Waals surface area contributed by atoms with Gasteiger partial charge in [0.15, 0.2) is 5.76 Å². The molecule has 3 heterocycles. The van der Waals surface area contributed by atoms with Gasteiger partial charge in [-0.15, -0.1) is 0 Å². The van der Waals surface area contributed by atoms with Gasteiger partial charge in [0.1, 0.15) is 17.1 Å². The molecule has 1 saturated heterocycles. The Kier molecular flexibility index (Phi) is 5.21. The van der Waals surface area contributed by atoms with E-state index < -0.39 is 0 Å². The minimum atomic E-state index is -0.213. The highest BCUT2D eigenvalue weighted by Gasteiger charge is 2.27. The van der Waals surface area contributed by atoms with E-state index in [0.29, 0.717) is 22.9 Å². The monoisotopic (exact) mass is 400 g/mol. The fourth-order valence-electron chi connectivity index (χ4n) is 3.92. The van der Waals surface area contributed by atoms with Crippen LogP contribution in [0, 0.1) is 20.8 Å². The first kappa shape index (κ1) is 19.1. The van der Waals surface area contributed by atoms with Crippen LogP contribution in [0.5, 0.6) is 0 Å². The molecule has 1 N–H and O–H groups in total. The summed E-state index contributed by atoms with van der Waals surface area (Å²) in [5, 5.41) is 4.59. The van der Waals surface area contributed by atoms with Gasteiger partial charge >= 0.3 is 0 Å². The molecule has 148 valence electrons. The molecule has 4 rings (SSSR count). The van der Waals surface area contributed by atoms with Crippen LogP contribution < -0.4 is 5.32 Å². The topological polar surface area (TPSA) is 58.6 Å². The average Bonchev–Trinajstić information content (AvgIpc) is 3.39. The molecule has 0 unspecified atom stereocenters. The fraction of sp³-hybridized carbons (Fsp3) is 0.409. The van der Waals surface area contributed by atoms with Gasteiger partial charge in [0.05, 0.1) is 6.04 Å². The van der Waals surface area contributed by atoms with Gasteiger partial charge in [-0.2, -0.15) is 0 Å². The van der Waals surface area contributed by atoms with Crippen LogP contribution >= 0.6 is 11.6 Å². The lowest BCUT2D eigenvalue weighted by Crippen LogP contribution is -2.36. The van der Waals surface area contributed by atoms with Crippen LogP contribution in [-0.2, 0) is 0 Å². The molecule has 0 radical (unpaired) electrons. The molecule has 6 heteroatoms. The van der Waals surface area contributed by atoms with Gasteiger partial charge in [-0.05, 0) is 76.5 Å². The number of rotatable bonds is 5. The zero-order chi connectivity index (χ0) is 19.8. The van der Waals surface area contributed by atoms with Crippen molar-refractivity contribution in [3.63, 3.8) is 0 Å². The normalized spacial score (nSPS) is 16.0. The van der Waals surface area contributed by atoms with Gasteiger partial charge in [0, 0.05) is 22.5 Å². The van der Waals surface area contributed by atoms with Crippen molar-refractivity contribution >= 4 is 28.5 Å². The highest BCUT2D eigenvalue weighted by Crippen LogP contribution is 2.31. The van der Waals surface area contributed by atoms with E-state index in [0.717, 1.165) is 41.1 Å². The summed E-state index contributed by atoms with van der Waals surface area (Å²) in [7, 11) is 0. The molecule has 1 fully saturated rings. The van der Waals surface area contributed by atoms with E-state index in [1.807, 2.05) is 45.0 Å². The maximum Gasteiger partial charge on any atom is 0.287 e. The fourth-order valence-corrected chi connectivity index (χ4v) is 4.09. The lowest BCUT2D eigenvalue weighted by atomic mass is 10.1. The van der Waals surface area contributed by atoms with Crippen LogP contribution in [0.2, 0.25) is 5.02 Å². The predicted molar refractivity (Wildman–Crippen MR) is 110 cm³/mol. The summed E-state index contributed by atoms with van der Waals surface area (Å²) in [6.07, 6.45) is 2.35. The number of nitrogens with zero attached hydrogens (tertiary/aromatic N) is 1. The third-order valence-corrected chi connectivity index (χ3v) is 5.96. The number of hydrogen-bond donors (Lipinski definition) is 1. The summed E-state index contributed by atoms with van der Waals surface area (Å²) in [5.74, 6) is 1.90. The maximum absolute atomic E-state index is 12.9. The van der Waals surface area contributed by atoms with E-state index in [2.05, 4.69) is 10.2 Å². The Balaban J connectivity index is 1.55. The predicted octanol–water partition coefficient (Wildman–Crippen LogP) is 5.17. The van der Waals surface area contributed by atoms with E-state index in [4.69, 9.17) is 20.4 Å². The number of hydrogen-bond acceptors (Lipinski definition) is 4. The van der Waals surface area contributed by atoms with E-state index in [9.17, 15) is 4.79 Å². The van der Waals surface area contributed by atoms with E-state index >= 15 is 0 Å². The van der Waals surface area contributed by atoms with Crippen LogP contribution in [0.25, 0.3) is 11.0 Å². The van der Waals surface area contributed by atoms with Crippen molar-refractivity contribution in [1.29, 1.82) is 0 Å². The Morgan fingerprint density at radius 1 is 1.18 bits per heavy atom. The number of likely N-dealkylation sites (tertiary alicyclic amines) is 1. The second-order valence-corrected chi connectivity index (χ2v) is 7.98. The highest BCUT2D eigenvalue weighted by molar-refractivity contribution is 6.32. The number of nitrogens with one attached hydrogen (secondary N) is 1. The molecule has 1 amide bonds. The molecule has 0 aliphatic carbocycles. The number of amides is 1. The molecular formula is C22H25ClN2O3. The van der Waals surface area contributed by atoms with Crippen molar-refractivity contribution in [1.82, 2.24) is 10.2 Å². The largest absolute Gasteiger partial charge is 0.465 e. The van der Waals surface area contributed by atoms with E-state index in [1.54, 1.807) is 0 Å². The molecule has 3 aromatic rings. The minimum absolute atomic E-state index is 0.0292. The quantitative estimate of drug-likeness (QED) is 0.641. The summed E-state index contributed by atoms with van der Waals surface area (Å²) in [4.78, 5) is 15.2. The van der Waals surface area contributed by atoms with Crippen molar-refractivity contribution in [3.8, 4) is 0 Å². The first-order valence-electron chi connectivity index (χ1n) is 9.72. The molecule has 1 atom stereocenters. The molecule has 0 saturated carbocycles. The summed E-state index contributed by atoms with van der Waals surface area (Å²) >= 11 is 6.24. The summed E-state index contributed by atoms with van der Waals surface area (Å²) < 4.78 is 11.7. The third kappa shape index (κ3) is 3.56. The van der Waals surface area contributed by atoms with Crippen molar-refractivity contribution in [3.05, 3.63) is 57.7 Å². The van der Waals surface area contributed by atoms with Crippen LogP contribution in [0.3, 0.4) is 0 Å². The first-order valence-corrected chi connectivity index (χ1v) is 10.1. The summed E-state index contributed by atoms with van der Waals surface area (Å²) in [6.45, 7) is 8.26. The maximum atomic E-state index is 12.9. The van der Waals surface area contributed by atoms with Gasteiger partial charge in [0.2, 0.25) is 0 Å². The second-order valence-electron chi connectivity index (χ2n) is 7.57. The number of aryl methyl sites for hydroxylation is 3. The zero-order valence-corrected chi connectivity index (χ0v) is 17.2. The van der Waals surface area contributed by atoms with Gasteiger partial charge in [0.25, 0.3) is 5.91 Å². The Labute approximate surface area is 169 Å². The average molecular weight is 401 g/mol. The molecule has 1 aliphatic heterocycles. The first-order chi connectivity index (χ1) is 13.4. The van der Waals surface area contributed by atoms with E-state index in [-0.39, 0.29) is 11.9 Å². The van der Waals surface area contributed by atoms with Crippen LogP contribution in [0.4, 0.5) is 0 Å². The highest BCUT2D eigenvalue weighted by atomic mass is 35.5. The zero-order valence-electron chi connectivity index (χ0n) is 16.5. The number of fused-ring (bicyclic) bond motifs is 1. The SMILES string of the molecule is Cc1ccc([C@H](CNC(=O)c2oc3cc(C)c(Cl)cc3c2C)N2CCCC2)o1. The molecule has 2 aromatic heterocycles. The summed E-state index contributed by atoms with van der Waals surface area (Å²) in [5.41, 5.74) is 2.42. The Morgan fingerprint density at radius 3 is 2.61 bits per heavy atom. The van der Waals surface area contributed by atoms with Crippen molar-refractivity contribution in [2.75, 3.05) is 19.6 Å². The summed E-state index contributed by atoms with van der Waals surface area (Å²) in [6, 6.07) is 7.74. The lowest BCUT2D eigenvalue weighted by Gasteiger charge is -2.25. The van der Waals surface area contributed by atoms with E-state index in [1.165, 1.54) is 12.8 Å². The minimum Gasteiger partial charge on any atom is -0.465 e. The number of benzene rings is 1. The standard InChI is InChI=1S/C22H25ClN2O3/c1-13-10-20-16(11-17(13)23)15(3)21(28-20)22(26)24-12-18(25-8-4-5-9-25)19-7-6-14(2)27-19/h6-7,10-11,18H,4-5,8-9,12H2,1-3H3,(H,24,26)/t18-/m0/s1.